The van der Waals surface area contributed by atoms with Crippen molar-refractivity contribution in [1.29, 1.82) is 5.26 Å². The number of aromatic carboxylic acids is 1. The molecule has 0 aliphatic heterocycles. The van der Waals surface area contributed by atoms with Gasteiger partial charge in [-0.3, -0.25) is 0 Å². The predicted molar refractivity (Wildman–Crippen MR) is 76.9 cm³/mol. The minimum absolute atomic E-state index is 0.278. The number of carbonyl (C=O) groups is 1. The van der Waals surface area contributed by atoms with Crippen LogP contribution in [0, 0.1) is 23.7 Å². The minimum atomic E-state index is -0.923. The van der Waals surface area contributed by atoms with Crippen molar-refractivity contribution in [3.8, 4) is 11.8 Å². The number of hydrogen-bond donors (Lipinski definition) is 1. The second-order valence-electron chi connectivity index (χ2n) is 5.58. The second kappa shape index (κ2) is 6.95. The summed E-state index contributed by atoms with van der Waals surface area (Å²) >= 11 is 0. The monoisotopic (exact) mass is 275 g/mol. The molecule has 0 atom stereocenters. The lowest BCUT2D eigenvalue weighted by atomic mass is 9.89. The summed E-state index contributed by atoms with van der Waals surface area (Å²) in [5.41, 5.74) is 0.716. The van der Waals surface area contributed by atoms with Gasteiger partial charge in [-0.1, -0.05) is 0 Å². The van der Waals surface area contributed by atoms with Crippen LogP contribution in [0.2, 0.25) is 0 Å². The molecular formula is C16H21NO3. The number of carboxylic acid groups (broad SMARTS) is 1. The lowest BCUT2D eigenvalue weighted by Crippen LogP contribution is -2.08. The second-order valence-corrected chi connectivity index (χ2v) is 5.58. The van der Waals surface area contributed by atoms with Crippen molar-refractivity contribution in [3.63, 3.8) is 0 Å². The molecule has 1 aromatic rings. The van der Waals surface area contributed by atoms with Gasteiger partial charge < -0.3 is 9.84 Å². The number of carboxylic acids is 1. The van der Waals surface area contributed by atoms with E-state index in [1.807, 2.05) is 13.8 Å². The zero-order chi connectivity index (χ0) is 15.2. The summed E-state index contributed by atoms with van der Waals surface area (Å²) in [5.74, 6) is -0.236. The van der Waals surface area contributed by atoms with E-state index in [9.17, 15) is 4.79 Å². The summed E-state index contributed by atoms with van der Waals surface area (Å²) < 4.78 is 5.59. The molecule has 0 amide bonds. The van der Waals surface area contributed by atoms with Crippen LogP contribution in [0.25, 0.3) is 0 Å². The maximum absolute atomic E-state index is 10.9. The van der Waals surface area contributed by atoms with E-state index in [-0.39, 0.29) is 5.41 Å². The van der Waals surface area contributed by atoms with Gasteiger partial charge in [0.1, 0.15) is 5.75 Å². The Bertz CT molecular complexity index is 515. The topological polar surface area (TPSA) is 70.3 Å². The molecule has 0 fully saturated rings. The van der Waals surface area contributed by atoms with Crippen molar-refractivity contribution < 1.29 is 14.6 Å². The Morgan fingerprint density at radius 1 is 1.40 bits per heavy atom. The fourth-order valence-electron chi connectivity index (χ4n) is 1.88. The van der Waals surface area contributed by atoms with Crippen molar-refractivity contribution >= 4 is 5.97 Å². The number of rotatable bonds is 7. The Morgan fingerprint density at radius 3 is 2.65 bits per heavy atom. The van der Waals surface area contributed by atoms with Crippen molar-refractivity contribution in [2.24, 2.45) is 5.41 Å². The molecule has 1 rings (SSSR count). The quantitative estimate of drug-likeness (QED) is 0.768. The highest BCUT2D eigenvalue weighted by molar-refractivity contribution is 5.89. The Balaban J connectivity index is 2.38. The molecule has 0 heterocycles. The third-order valence-corrected chi connectivity index (χ3v) is 3.20. The van der Waals surface area contributed by atoms with Crippen LogP contribution in [0.3, 0.4) is 0 Å². The summed E-state index contributed by atoms with van der Waals surface area (Å²) in [6.45, 7) is 6.20. The summed E-state index contributed by atoms with van der Waals surface area (Å²) in [5, 5.41) is 17.8. The van der Waals surface area contributed by atoms with Gasteiger partial charge >= 0.3 is 5.97 Å². The normalized spacial score (nSPS) is 10.9. The molecule has 0 saturated carbocycles. The van der Waals surface area contributed by atoms with Crippen LogP contribution in [-0.4, -0.2) is 17.7 Å². The van der Waals surface area contributed by atoms with E-state index in [1.54, 1.807) is 25.1 Å². The van der Waals surface area contributed by atoms with E-state index in [4.69, 9.17) is 15.1 Å². The first-order chi connectivity index (χ1) is 9.35. The van der Waals surface area contributed by atoms with Gasteiger partial charge in [0.25, 0.3) is 0 Å². The van der Waals surface area contributed by atoms with Crippen molar-refractivity contribution in [2.75, 3.05) is 6.61 Å². The molecule has 108 valence electrons. The first kappa shape index (κ1) is 16.0. The fraction of sp³-hybridized carbons (Fsp3) is 0.500. The third-order valence-electron chi connectivity index (χ3n) is 3.20. The molecule has 0 radical (unpaired) electrons. The summed E-state index contributed by atoms with van der Waals surface area (Å²) in [6.07, 6.45) is 2.67. The maximum Gasteiger partial charge on any atom is 0.335 e. The van der Waals surface area contributed by atoms with Gasteiger partial charge in [-0.05, 0) is 63.8 Å². The van der Waals surface area contributed by atoms with Gasteiger partial charge in [-0.2, -0.15) is 5.26 Å². The van der Waals surface area contributed by atoms with E-state index >= 15 is 0 Å². The van der Waals surface area contributed by atoms with Crippen LogP contribution < -0.4 is 4.74 Å². The molecule has 20 heavy (non-hydrogen) atoms. The van der Waals surface area contributed by atoms with Crippen LogP contribution in [-0.2, 0) is 0 Å². The van der Waals surface area contributed by atoms with Gasteiger partial charge in [-0.15, -0.1) is 0 Å². The summed E-state index contributed by atoms with van der Waals surface area (Å²) in [4.78, 5) is 10.9. The van der Waals surface area contributed by atoms with Gasteiger partial charge in [0.2, 0.25) is 0 Å². The number of nitriles is 1. The predicted octanol–water partition coefficient (Wildman–Crippen LogP) is 3.79. The zero-order valence-electron chi connectivity index (χ0n) is 12.3. The lowest BCUT2D eigenvalue weighted by molar-refractivity contribution is 0.0696. The van der Waals surface area contributed by atoms with Crippen LogP contribution in [0.1, 0.15) is 49.0 Å². The van der Waals surface area contributed by atoms with Crippen molar-refractivity contribution in [2.45, 2.75) is 40.0 Å². The molecule has 1 aromatic carbocycles. The van der Waals surface area contributed by atoms with Crippen molar-refractivity contribution in [1.82, 2.24) is 0 Å². The first-order valence-corrected chi connectivity index (χ1v) is 6.74. The van der Waals surface area contributed by atoms with E-state index in [2.05, 4.69) is 6.07 Å². The Hall–Kier alpha value is -2.02. The first-order valence-electron chi connectivity index (χ1n) is 6.74. The average molecular weight is 275 g/mol. The molecule has 0 aromatic heterocycles. The number of nitrogens with zero attached hydrogens (tertiary/aromatic N) is 1. The molecular weight excluding hydrogens is 254 g/mol. The van der Waals surface area contributed by atoms with Crippen LogP contribution >= 0.6 is 0 Å². The average Bonchev–Trinajstić information content (AvgIpc) is 2.38. The molecule has 0 saturated heterocycles. The number of aryl methyl sites for hydroxylation is 1. The highest BCUT2D eigenvalue weighted by atomic mass is 16.5. The van der Waals surface area contributed by atoms with Gasteiger partial charge in [0, 0.05) is 0 Å². The Kier molecular flexibility index (Phi) is 5.57. The number of benzene rings is 1. The van der Waals surface area contributed by atoms with Gasteiger partial charge in [0.15, 0.2) is 0 Å². The molecule has 4 nitrogen and oxygen atoms in total. The van der Waals surface area contributed by atoms with E-state index in [0.717, 1.165) is 19.3 Å². The minimum Gasteiger partial charge on any atom is -0.494 e. The molecule has 0 bridgehead atoms. The highest BCUT2D eigenvalue weighted by Crippen LogP contribution is 2.22. The number of ether oxygens (including phenoxy) is 1. The van der Waals surface area contributed by atoms with E-state index < -0.39 is 5.97 Å². The molecule has 0 aliphatic carbocycles. The Labute approximate surface area is 120 Å². The van der Waals surface area contributed by atoms with E-state index in [0.29, 0.717) is 23.5 Å². The molecule has 4 heteroatoms. The van der Waals surface area contributed by atoms with Crippen LogP contribution in [0.15, 0.2) is 18.2 Å². The largest absolute Gasteiger partial charge is 0.494 e. The van der Waals surface area contributed by atoms with Gasteiger partial charge in [-0.25, -0.2) is 4.79 Å². The fourth-order valence-corrected chi connectivity index (χ4v) is 1.88. The van der Waals surface area contributed by atoms with Crippen LogP contribution in [0.5, 0.6) is 5.75 Å². The number of unbranched alkanes of at least 4 members (excludes halogenated alkanes) is 1. The van der Waals surface area contributed by atoms with Gasteiger partial charge in [0.05, 0.1) is 23.7 Å². The highest BCUT2D eigenvalue weighted by Gasteiger charge is 2.15. The molecule has 0 aliphatic rings. The molecule has 0 unspecified atom stereocenters. The summed E-state index contributed by atoms with van der Waals surface area (Å²) in [7, 11) is 0. The zero-order valence-corrected chi connectivity index (χ0v) is 12.3. The van der Waals surface area contributed by atoms with Crippen LogP contribution in [0.4, 0.5) is 0 Å². The molecule has 1 N–H and O–H groups in total. The standard InChI is InChI=1S/C16H21NO3/c1-12-10-13(6-7-14(12)15(18)19)20-9-5-4-8-16(2,3)11-17/h6-7,10H,4-5,8-9H2,1-3H3,(H,18,19). The summed E-state index contributed by atoms with van der Waals surface area (Å²) in [6, 6.07) is 7.25. The molecule has 0 spiro atoms. The Morgan fingerprint density at radius 2 is 2.10 bits per heavy atom. The lowest BCUT2D eigenvalue weighted by Gasteiger charge is -2.14. The SMILES string of the molecule is Cc1cc(OCCCCC(C)(C)C#N)ccc1C(=O)O. The number of hydrogen-bond acceptors (Lipinski definition) is 3. The van der Waals surface area contributed by atoms with Crippen molar-refractivity contribution in [3.05, 3.63) is 29.3 Å². The smallest absolute Gasteiger partial charge is 0.335 e. The third kappa shape index (κ3) is 4.93. The van der Waals surface area contributed by atoms with E-state index in [1.165, 1.54) is 0 Å². The maximum atomic E-state index is 10.9.